The van der Waals surface area contributed by atoms with Gasteiger partial charge in [-0.2, -0.15) is 5.10 Å². The SMILES string of the molecule is CC(C)n1ccc(CNC(CO)CO)n1. The molecule has 1 aromatic rings. The van der Waals surface area contributed by atoms with Crippen LogP contribution in [-0.2, 0) is 6.54 Å². The Morgan fingerprint density at radius 3 is 2.53 bits per heavy atom. The van der Waals surface area contributed by atoms with Gasteiger partial charge in [0, 0.05) is 18.8 Å². The molecule has 3 N–H and O–H groups in total. The molecule has 0 aliphatic rings. The molecule has 0 radical (unpaired) electrons. The highest BCUT2D eigenvalue weighted by molar-refractivity contribution is 4.99. The Kier molecular flexibility index (Phi) is 4.74. The van der Waals surface area contributed by atoms with Crippen LogP contribution in [0, 0.1) is 0 Å². The summed E-state index contributed by atoms with van der Waals surface area (Å²) in [6.45, 7) is 4.55. The molecule has 1 aromatic heterocycles. The van der Waals surface area contributed by atoms with Gasteiger partial charge in [-0.1, -0.05) is 0 Å². The van der Waals surface area contributed by atoms with Crippen molar-refractivity contribution >= 4 is 0 Å². The van der Waals surface area contributed by atoms with Gasteiger partial charge in [0.1, 0.15) is 0 Å². The number of nitrogens with zero attached hydrogens (tertiary/aromatic N) is 2. The third-order valence-electron chi connectivity index (χ3n) is 2.21. The van der Waals surface area contributed by atoms with Gasteiger partial charge in [-0.25, -0.2) is 0 Å². The highest BCUT2D eigenvalue weighted by atomic mass is 16.3. The van der Waals surface area contributed by atoms with Crippen LogP contribution < -0.4 is 5.32 Å². The fourth-order valence-corrected chi connectivity index (χ4v) is 1.20. The fourth-order valence-electron chi connectivity index (χ4n) is 1.20. The quantitative estimate of drug-likeness (QED) is 0.617. The summed E-state index contributed by atoms with van der Waals surface area (Å²) in [5, 5.41) is 25.1. The van der Waals surface area contributed by atoms with E-state index < -0.39 is 0 Å². The molecule has 0 saturated heterocycles. The zero-order valence-corrected chi connectivity index (χ0v) is 9.22. The third-order valence-corrected chi connectivity index (χ3v) is 2.21. The van der Waals surface area contributed by atoms with Crippen molar-refractivity contribution in [3.8, 4) is 0 Å². The minimum atomic E-state index is -0.269. The van der Waals surface area contributed by atoms with Gasteiger partial charge in [0.2, 0.25) is 0 Å². The molecule has 0 fully saturated rings. The van der Waals surface area contributed by atoms with Crippen LogP contribution in [0.2, 0.25) is 0 Å². The molecule has 0 spiro atoms. The summed E-state index contributed by atoms with van der Waals surface area (Å²) >= 11 is 0. The summed E-state index contributed by atoms with van der Waals surface area (Å²) in [5.74, 6) is 0. The van der Waals surface area contributed by atoms with E-state index in [1.54, 1.807) is 0 Å². The highest BCUT2D eigenvalue weighted by Gasteiger charge is 2.06. The van der Waals surface area contributed by atoms with Gasteiger partial charge in [0.15, 0.2) is 0 Å². The van der Waals surface area contributed by atoms with Crippen molar-refractivity contribution < 1.29 is 10.2 Å². The lowest BCUT2D eigenvalue weighted by atomic mass is 10.3. The van der Waals surface area contributed by atoms with Crippen molar-refractivity contribution in [1.82, 2.24) is 15.1 Å². The van der Waals surface area contributed by atoms with Gasteiger partial charge in [0.05, 0.1) is 24.9 Å². The lowest BCUT2D eigenvalue weighted by molar-refractivity contribution is 0.170. The number of aliphatic hydroxyl groups is 2. The molecule has 1 rings (SSSR count). The maximum absolute atomic E-state index is 8.85. The minimum Gasteiger partial charge on any atom is -0.395 e. The van der Waals surface area contributed by atoms with Gasteiger partial charge >= 0.3 is 0 Å². The average Bonchev–Trinajstić information content (AvgIpc) is 2.68. The summed E-state index contributed by atoms with van der Waals surface area (Å²) in [6.07, 6.45) is 1.93. The van der Waals surface area contributed by atoms with Crippen molar-refractivity contribution in [3.05, 3.63) is 18.0 Å². The molecule has 0 saturated carbocycles. The number of nitrogens with one attached hydrogen (secondary N) is 1. The summed E-state index contributed by atoms with van der Waals surface area (Å²) < 4.78 is 1.88. The van der Waals surface area contributed by atoms with Crippen LogP contribution in [0.25, 0.3) is 0 Å². The van der Waals surface area contributed by atoms with Gasteiger partial charge in [-0.15, -0.1) is 0 Å². The van der Waals surface area contributed by atoms with Crippen LogP contribution in [0.1, 0.15) is 25.6 Å². The Hall–Kier alpha value is -0.910. The van der Waals surface area contributed by atoms with E-state index in [4.69, 9.17) is 10.2 Å². The van der Waals surface area contributed by atoms with E-state index in [0.29, 0.717) is 12.6 Å². The number of rotatable bonds is 6. The van der Waals surface area contributed by atoms with Crippen molar-refractivity contribution in [3.63, 3.8) is 0 Å². The Morgan fingerprint density at radius 1 is 1.40 bits per heavy atom. The second-order valence-corrected chi connectivity index (χ2v) is 3.82. The third kappa shape index (κ3) is 3.62. The summed E-state index contributed by atoms with van der Waals surface area (Å²) in [5.41, 5.74) is 0.913. The lowest BCUT2D eigenvalue weighted by Gasteiger charge is -2.11. The van der Waals surface area contributed by atoms with E-state index in [1.807, 2.05) is 16.9 Å². The summed E-state index contributed by atoms with van der Waals surface area (Å²) in [6, 6.07) is 2.01. The first-order valence-electron chi connectivity index (χ1n) is 5.16. The van der Waals surface area contributed by atoms with Crippen LogP contribution in [0.15, 0.2) is 12.3 Å². The zero-order chi connectivity index (χ0) is 11.3. The normalized spacial score (nSPS) is 11.6. The van der Waals surface area contributed by atoms with E-state index in [-0.39, 0.29) is 19.3 Å². The molecule has 0 aromatic carbocycles. The monoisotopic (exact) mass is 213 g/mol. The van der Waals surface area contributed by atoms with E-state index in [2.05, 4.69) is 24.3 Å². The molecule has 86 valence electrons. The van der Waals surface area contributed by atoms with Crippen molar-refractivity contribution in [2.45, 2.75) is 32.5 Å². The van der Waals surface area contributed by atoms with Gasteiger partial charge in [-0.05, 0) is 19.9 Å². The van der Waals surface area contributed by atoms with E-state index in [0.717, 1.165) is 5.69 Å². The topological polar surface area (TPSA) is 70.3 Å². The summed E-state index contributed by atoms with van der Waals surface area (Å²) in [7, 11) is 0. The van der Waals surface area contributed by atoms with E-state index in [1.165, 1.54) is 0 Å². The standard InChI is InChI=1S/C10H19N3O2/c1-8(2)13-4-3-9(12-13)5-11-10(6-14)7-15/h3-4,8,10-11,14-15H,5-7H2,1-2H3. The molecule has 0 aliphatic carbocycles. The van der Waals surface area contributed by atoms with E-state index >= 15 is 0 Å². The van der Waals surface area contributed by atoms with Crippen LogP contribution in [0.4, 0.5) is 0 Å². The Morgan fingerprint density at radius 2 is 2.07 bits per heavy atom. The van der Waals surface area contributed by atoms with Gasteiger partial charge in [0.25, 0.3) is 0 Å². The molecule has 5 nitrogen and oxygen atoms in total. The van der Waals surface area contributed by atoms with Crippen LogP contribution in [0.3, 0.4) is 0 Å². The second-order valence-electron chi connectivity index (χ2n) is 3.82. The molecule has 1 heterocycles. The smallest absolute Gasteiger partial charge is 0.0762 e. The van der Waals surface area contributed by atoms with Gasteiger partial charge < -0.3 is 15.5 Å². The predicted molar refractivity (Wildman–Crippen MR) is 57.4 cm³/mol. The second kappa shape index (κ2) is 5.85. The number of aromatic nitrogens is 2. The van der Waals surface area contributed by atoms with Crippen molar-refractivity contribution in [2.75, 3.05) is 13.2 Å². The Labute approximate surface area is 89.7 Å². The average molecular weight is 213 g/mol. The summed E-state index contributed by atoms with van der Waals surface area (Å²) in [4.78, 5) is 0. The Balaban J connectivity index is 2.43. The number of aliphatic hydroxyl groups excluding tert-OH is 2. The molecule has 0 atom stereocenters. The van der Waals surface area contributed by atoms with Crippen molar-refractivity contribution in [1.29, 1.82) is 0 Å². The maximum Gasteiger partial charge on any atom is 0.0762 e. The van der Waals surface area contributed by atoms with Crippen molar-refractivity contribution in [2.24, 2.45) is 0 Å². The maximum atomic E-state index is 8.85. The highest BCUT2D eigenvalue weighted by Crippen LogP contribution is 2.03. The predicted octanol–water partition coefficient (Wildman–Crippen LogP) is -0.0932. The fraction of sp³-hybridized carbons (Fsp3) is 0.700. The minimum absolute atomic E-state index is 0.0681. The van der Waals surface area contributed by atoms with Gasteiger partial charge in [-0.3, -0.25) is 4.68 Å². The zero-order valence-electron chi connectivity index (χ0n) is 9.22. The molecule has 15 heavy (non-hydrogen) atoms. The largest absolute Gasteiger partial charge is 0.395 e. The first-order chi connectivity index (χ1) is 7.17. The van der Waals surface area contributed by atoms with E-state index in [9.17, 15) is 0 Å². The first kappa shape index (κ1) is 12.2. The first-order valence-corrected chi connectivity index (χ1v) is 5.16. The Bertz CT molecular complexity index is 282. The number of hydrogen-bond donors (Lipinski definition) is 3. The molecule has 0 amide bonds. The molecular weight excluding hydrogens is 194 g/mol. The van der Waals surface area contributed by atoms with Crippen LogP contribution in [-0.4, -0.2) is 39.2 Å². The van der Waals surface area contributed by atoms with Crippen LogP contribution in [0.5, 0.6) is 0 Å². The molecule has 0 aliphatic heterocycles. The molecule has 5 heteroatoms. The molecule has 0 unspecified atom stereocenters. The molecule has 0 bridgehead atoms. The molecular formula is C10H19N3O2. The number of hydrogen-bond acceptors (Lipinski definition) is 4. The van der Waals surface area contributed by atoms with Crippen LogP contribution >= 0.6 is 0 Å². The lowest BCUT2D eigenvalue weighted by Crippen LogP contribution is -2.35.